The summed E-state index contributed by atoms with van der Waals surface area (Å²) in [4.78, 5) is 27.2. The molecule has 2 amide bonds. The fourth-order valence-electron chi connectivity index (χ4n) is 4.16. The minimum absolute atomic E-state index is 0. The Balaban J connectivity index is 0.00000210. The van der Waals surface area contributed by atoms with Crippen molar-refractivity contribution < 1.29 is 9.59 Å². The molecular weight excluding hydrogens is 366 g/mol. The zero-order chi connectivity index (χ0) is 18.1. The van der Waals surface area contributed by atoms with Crippen molar-refractivity contribution in [3.8, 4) is 0 Å². The molecule has 2 aromatic rings. The molecule has 1 aromatic carbocycles. The first-order valence-corrected chi connectivity index (χ1v) is 9.31. The van der Waals surface area contributed by atoms with Crippen LogP contribution in [0.2, 0.25) is 0 Å². The Kier molecular flexibility index (Phi) is 5.72. The maximum Gasteiger partial charge on any atom is 0.273 e. The number of nitrogens with zero attached hydrogens (tertiary/aromatic N) is 2. The molecule has 27 heavy (non-hydrogen) atoms. The van der Waals surface area contributed by atoms with Gasteiger partial charge in [-0.05, 0) is 44.2 Å². The summed E-state index contributed by atoms with van der Waals surface area (Å²) >= 11 is 0. The van der Waals surface area contributed by atoms with Gasteiger partial charge in [0.2, 0.25) is 5.91 Å². The van der Waals surface area contributed by atoms with E-state index in [-0.39, 0.29) is 24.2 Å². The van der Waals surface area contributed by atoms with Crippen LogP contribution in [0.15, 0.2) is 24.3 Å². The minimum atomic E-state index is -0.561. The number of amides is 2. The van der Waals surface area contributed by atoms with Crippen LogP contribution in [0.1, 0.15) is 36.7 Å². The highest BCUT2D eigenvalue weighted by atomic mass is 35.5. The molecule has 8 heteroatoms. The Labute approximate surface area is 164 Å². The number of H-pyrrole nitrogens is 1. The summed E-state index contributed by atoms with van der Waals surface area (Å²) in [6.45, 7) is 5.43. The van der Waals surface area contributed by atoms with Crippen LogP contribution < -0.4 is 10.6 Å². The number of fused-ring (bicyclic) bond motifs is 1. The zero-order valence-corrected chi connectivity index (χ0v) is 16.3. The first kappa shape index (κ1) is 19.6. The van der Waals surface area contributed by atoms with E-state index in [1.165, 1.54) is 6.42 Å². The van der Waals surface area contributed by atoms with E-state index in [4.69, 9.17) is 0 Å². The summed E-state index contributed by atoms with van der Waals surface area (Å²) in [5.74, 6) is -0.337. The molecule has 1 spiro atoms. The standard InChI is InChI=1S/C19H25N5O2.ClH/c1-13(18(26)24-10-7-19(8-11-24)6-9-20-12-19)21-17(25)16-14-4-2-3-5-15(14)22-23-16;/h2-5,13,20H,6-12H2,1H3,(H,21,25)(H,22,23);1H. The molecule has 2 saturated heterocycles. The molecule has 2 aliphatic rings. The molecule has 1 aromatic heterocycles. The number of carbonyl (C=O) groups is 2. The van der Waals surface area contributed by atoms with Crippen molar-refractivity contribution in [1.82, 2.24) is 25.7 Å². The SMILES string of the molecule is CC(NC(=O)c1n[nH]c2ccccc12)C(=O)N1CCC2(CCNC2)CC1.Cl. The normalized spacial score (nSPS) is 19.7. The van der Waals surface area contributed by atoms with Crippen LogP contribution >= 0.6 is 12.4 Å². The van der Waals surface area contributed by atoms with Gasteiger partial charge in [-0.1, -0.05) is 18.2 Å². The largest absolute Gasteiger partial charge is 0.341 e. The van der Waals surface area contributed by atoms with E-state index < -0.39 is 6.04 Å². The van der Waals surface area contributed by atoms with Crippen LogP contribution in [-0.2, 0) is 4.79 Å². The molecule has 4 rings (SSSR count). The number of para-hydroxylation sites is 1. The van der Waals surface area contributed by atoms with Crippen molar-refractivity contribution in [3.05, 3.63) is 30.0 Å². The van der Waals surface area contributed by atoms with Gasteiger partial charge in [0, 0.05) is 25.0 Å². The third-order valence-electron chi connectivity index (χ3n) is 5.87. The van der Waals surface area contributed by atoms with Crippen LogP contribution in [0.25, 0.3) is 10.9 Å². The lowest BCUT2D eigenvalue weighted by atomic mass is 9.78. The van der Waals surface area contributed by atoms with Crippen molar-refractivity contribution >= 4 is 35.1 Å². The number of piperidine rings is 1. The van der Waals surface area contributed by atoms with E-state index in [9.17, 15) is 9.59 Å². The number of likely N-dealkylation sites (tertiary alicyclic amines) is 1. The second kappa shape index (κ2) is 7.86. The first-order valence-electron chi connectivity index (χ1n) is 9.31. The van der Waals surface area contributed by atoms with Gasteiger partial charge in [0.05, 0.1) is 5.52 Å². The fraction of sp³-hybridized carbons (Fsp3) is 0.526. The van der Waals surface area contributed by atoms with E-state index in [0.717, 1.165) is 49.9 Å². The van der Waals surface area contributed by atoms with Gasteiger partial charge in [0.1, 0.15) is 6.04 Å². The number of hydrogen-bond acceptors (Lipinski definition) is 4. The third-order valence-corrected chi connectivity index (χ3v) is 5.87. The molecule has 3 N–H and O–H groups in total. The van der Waals surface area contributed by atoms with E-state index in [1.807, 2.05) is 29.2 Å². The van der Waals surface area contributed by atoms with Gasteiger partial charge in [0.15, 0.2) is 5.69 Å². The average Bonchev–Trinajstić information content (AvgIpc) is 3.29. The van der Waals surface area contributed by atoms with Crippen molar-refractivity contribution in [1.29, 1.82) is 0 Å². The third kappa shape index (κ3) is 3.80. The van der Waals surface area contributed by atoms with Crippen LogP contribution in [0, 0.1) is 5.41 Å². The van der Waals surface area contributed by atoms with Gasteiger partial charge < -0.3 is 15.5 Å². The number of aromatic nitrogens is 2. The van der Waals surface area contributed by atoms with Gasteiger partial charge in [-0.25, -0.2) is 0 Å². The van der Waals surface area contributed by atoms with Gasteiger partial charge in [-0.2, -0.15) is 5.10 Å². The number of nitrogens with one attached hydrogen (secondary N) is 3. The van der Waals surface area contributed by atoms with Crippen LogP contribution in [0.5, 0.6) is 0 Å². The molecule has 0 bridgehead atoms. The second-order valence-corrected chi connectivity index (χ2v) is 7.57. The highest BCUT2D eigenvalue weighted by Gasteiger charge is 2.38. The minimum Gasteiger partial charge on any atom is -0.341 e. The molecule has 1 unspecified atom stereocenters. The maximum atomic E-state index is 12.7. The molecule has 0 saturated carbocycles. The summed E-state index contributed by atoms with van der Waals surface area (Å²) in [5.41, 5.74) is 1.51. The van der Waals surface area contributed by atoms with Crippen molar-refractivity contribution in [3.63, 3.8) is 0 Å². The molecule has 7 nitrogen and oxygen atoms in total. The predicted molar refractivity (Wildman–Crippen MR) is 106 cm³/mol. The van der Waals surface area contributed by atoms with Crippen LogP contribution in [0.4, 0.5) is 0 Å². The number of halogens is 1. The van der Waals surface area contributed by atoms with Gasteiger partial charge in [-0.3, -0.25) is 14.7 Å². The topological polar surface area (TPSA) is 90.1 Å². The molecule has 2 fully saturated rings. The Bertz CT molecular complexity index is 820. The molecule has 2 aliphatic heterocycles. The first-order chi connectivity index (χ1) is 12.6. The van der Waals surface area contributed by atoms with E-state index >= 15 is 0 Å². The summed E-state index contributed by atoms with van der Waals surface area (Å²) in [6.07, 6.45) is 3.28. The lowest BCUT2D eigenvalue weighted by Gasteiger charge is -2.39. The lowest BCUT2D eigenvalue weighted by molar-refractivity contribution is -0.135. The zero-order valence-electron chi connectivity index (χ0n) is 15.5. The second-order valence-electron chi connectivity index (χ2n) is 7.57. The molecule has 0 aliphatic carbocycles. The summed E-state index contributed by atoms with van der Waals surface area (Å²) in [7, 11) is 0. The maximum absolute atomic E-state index is 12.7. The van der Waals surface area contributed by atoms with Gasteiger partial charge in [0.25, 0.3) is 5.91 Å². The Morgan fingerprint density at radius 2 is 1.96 bits per heavy atom. The number of carbonyl (C=O) groups excluding carboxylic acids is 2. The van der Waals surface area contributed by atoms with E-state index in [2.05, 4.69) is 20.8 Å². The highest BCUT2D eigenvalue weighted by Crippen LogP contribution is 2.36. The molecule has 146 valence electrons. The highest BCUT2D eigenvalue weighted by molar-refractivity contribution is 6.05. The number of rotatable bonds is 3. The van der Waals surface area contributed by atoms with Crippen LogP contribution in [-0.4, -0.2) is 59.1 Å². The van der Waals surface area contributed by atoms with E-state index in [0.29, 0.717) is 11.1 Å². The fourth-order valence-corrected chi connectivity index (χ4v) is 4.16. The Morgan fingerprint density at radius 1 is 1.22 bits per heavy atom. The monoisotopic (exact) mass is 391 g/mol. The van der Waals surface area contributed by atoms with Crippen LogP contribution in [0.3, 0.4) is 0 Å². The van der Waals surface area contributed by atoms with E-state index in [1.54, 1.807) is 6.92 Å². The molecule has 1 atom stereocenters. The van der Waals surface area contributed by atoms with Crippen molar-refractivity contribution in [2.24, 2.45) is 5.41 Å². The smallest absolute Gasteiger partial charge is 0.273 e. The number of benzene rings is 1. The molecule has 0 radical (unpaired) electrons. The molecular formula is C19H26ClN5O2. The Hall–Kier alpha value is -2.12. The lowest BCUT2D eigenvalue weighted by Crippen LogP contribution is -2.51. The Morgan fingerprint density at radius 3 is 2.67 bits per heavy atom. The summed E-state index contributed by atoms with van der Waals surface area (Å²) in [5, 5.41) is 14.0. The number of hydrogen-bond donors (Lipinski definition) is 3. The predicted octanol–water partition coefficient (Wildman–Crippen LogP) is 1.71. The van der Waals surface area contributed by atoms with Crippen molar-refractivity contribution in [2.75, 3.05) is 26.2 Å². The van der Waals surface area contributed by atoms with Gasteiger partial charge >= 0.3 is 0 Å². The van der Waals surface area contributed by atoms with Crippen molar-refractivity contribution in [2.45, 2.75) is 32.2 Å². The quantitative estimate of drug-likeness (QED) is 0.742. The molecule has 3 heterocycles. The number of aromatic amines is 1. The van der Waals surface area contributed by atoms with Gasteiger partial charge in [-0.15, -0.1) is 12.4 Å². The summed E-state index contributed by atoms with van der Waals surface area (Å²) in [6, 6.07) is 6.91. The average molecular weight is 392 g/mol. The summed E-state index contributed by atoms with van der Waals surface area (Å²) < 4.78 is 0.